The summed E-state index contributed by atoms with van der Waals surface area (Å²) in [6, 6.07) is 12.8. The van der Waals surface area contributed by atoms with Gasteiger partial charge in [0.2, 0.25) is 11.8 Å². The molecule has 3 aromatic rings. The summed E-state index contributed by atoms with van der Waals surface area (Å²) in [5, 5.41) is 2.86. The number of benzene rings is 2. The van der Waals surface area contributed by atoms with Crippen LogP contribution < -0.4 is 25.4 Å². The highest BCUT2D eigenvalue weighted by molar-refractivity contribution is 6.00. The first kappa shape index (κ1) is 19.2. The van der Waals surface area contributed by atoms with Gasteiger partial charge in [-0.25, -0.2) is 4.79 Å². The van der Waals surface area contributed by atoms with Gasteiger partial charge in [0, 0.05) is 37.8 Å². The first-order chi connectivity index (χ1) is 15.1. The van der Waals surface area contributed by atoms with Crippen LogP contribution in [0.2, 0.25) is 0 Å². The average molecular weight is 422 g/mol. The van der Waals surface area contributed by atoms with Crippen molar-refractivity contribution < 1.29 is 19.1 Å². The topological polar surface area (TPSA) is 106 Å². The Hall–Kier alpha value is -3.75. The zero-order chi connectivity index (χ0) is 21.4. The number of hydrogen-bond donors (Lipinski definition) is 2. The maximum atomic E-state index is 12.6. The van der Waals surface area contributed by atoms with Crippen molar-refractivity contribution in [2.75, 3.05) is 31.2 Å². The molecule has 9 nitrogen and oxygen atoms in total. The number of carbonyl (C=O) groups is 2. The third kappa shape index (κ3) is 3.63. The monoisotopic (exact) mass is 422 g/mol. The molecule has 1 fully saturated rings. The number of rotatable bonds is 5. The van der Waals surface area contributed by atoms with Crippen LogP contribution in [0.15, 0.2) is 47.3 Å². The number of nitrogens with one attached hydrogen (secondary N) is 2. The maximum Gasteiger partial charge on any atom is 0.326 e. The minimum absolute atomic E-state index is 0.107. The van der Waals surface area contributed by atoms with Crippen molar-refractivity contribution >= 4 is 28.5 Å². The Labute approximate surface area is 177 Å². The summed E-state index contributed by atoms with van der Waals surface area (Å²) in [4.78, 5) is 41.7. The molecule has 5 rings (SSSR count). The molecule has 1 atom stereocenters. The minimum atomic E-state index is -0.444. The predicted molar refractivity (Wildman–Crippen MR) is 113 cm³/mol. The van der Waals surface area contributed by atoms with E-state index in [1.165, 1.54) is 0 Å². The third-order valence-electron chi connectivity index (χ3n) is 5.65. The van der Waals surface area contributed by atoms with Crippen LogP contribution in [0.3, 0.4) is 0 Å². The molecule has 0 aliphatic carbocycles. The summed E-state index contributed by atoms with van der Waals surface area (Å²) < 4.78 is 12.7. The average Bonchev–Trinajstić information content (AvgIpc) is 3.33. The molecule has 2 aromatic carbocycles. The van der Waals surface area contributed by atoms with E-state index in [4.69, 9.17) is 9.47 Å². The molecule has 0 bridgehead atoms. The van der Waals surface area contributed by atoms with Gasteiger partial charge in [-0.1, -0.05) is 12.1 Å². The molecule has 0 unspecified atom stereocenters. The second-order valence-corrected chi connectivity index (χ2v) is 7.62. The SMILES string of the molecule is O=C(NCCn1c(=O)[nH]c2ccccc21)[C@H]1CC(=O)N(c2ccc3c(c2)OCCO3)C1. The zero-order valence-corrected chi connectivity index (χ0v) is 16.8. The molecule has 160 valence electrons. The number of amides is 2. The van der Waals surface area contributed by atoms with Gasteiger partial charge in [-0.05, 0) is 24.3 Å². The van der Waals surface area contributed by atoms with Gasteiger partial charge >= 0.3 is 5.69 Å². The summed E-state index contributed by atoms with van der Waals surface area (Å²) in [5.41, 5.74) is 2.03. The molecule has 2 N–H and O–H groups in total. The van der Waals surface area contributed by atoms with Crippen LogP contribution in [0.5, 0.6) is 11.5 Å². The Bertz CT molecular complexity index is 1210. The standard InChI is InChI=1S/C22H22N4O5/c27-20-11-14(13-26(20)15-5-6-18-19(12-15)31-10-9-30-18)21(28)23-7-8-25-17-4-2-1-3-16(17)24-22(25)29/h1-6,12,14H,7-11,13H2,(H,23,28)(H,24,29)/t14-/m0/s1. The van der Waals surface area contributed by atoms with Gasteiger partial charge in [0.25, 0.3) is 0 Å². The van der Waals surface area contributed by atoms with Crippen molar-refractivity contribution in [1.82, 2.24) is 14.9 Å². The highest BCUT2D eigenvalue weighted by atomic mass is 16.6. The van der Waals surface area contributed by atoms with Crippen LogP contribution in [0.25, 0.3) is 11.0 Å². The fourth-order valence-electron chi connectivity index (χ4n) is 4.10. The lowest BCUT2D eigenvalue weighted by Gasteiger charge is -2.22. The molecule has 2 aliphatic heterocycles. The molecule has 2 aliphatic rings. The summed E-state index contributed by atoms with van der Waals surface area (Å²) >= 11 is 0. The maximum absolute atomic E-state index is 12.6. The van der Waals surface area contributed by atoms with Gasteiger partial charge in [-0.3, -0.25) is 14.2 Å². The Morgan fingerprint density at radius 2 is 1.90 bits per heavy atom. The molecule has 2 amide bonds. The number of anilines is 1. The van der Waals surface area contributed by atoms with Gasteiger partial charge in [-0.15, -0.1) is 0 Å². The van der Waals surface area contributed by atoms with Crippen LogP contribution in [0, 0.1) is 5.92 Å². The number of H-pyrrole nitrogens is 1. The summed E-state index contributed by atoms with van der Waals surface area (Å²) in [6.45, 7) is 1.92. The highest BCUT2D eigenvalue weighted by Crippen LogP contribution is 2.35. The van der Waals surface area contributed by atoms with Gasteiger partial charge in [0.1, 0.15) is 13.2 Å². The van der Waals surface area contributed by atoms with E-state index in [0.717, 1.165) is 11.0 Å². The summed E-state index contributed by atoms with van der Waals surface area (Å²) in [5.74, 6) is 0.517. The Kier molecular flexibility index (Phi) is 4.85. The van der Waals surface area contributed by atoms with E-state index in [9.17, 15) is 14.4 Å². The molecule has 0 spiro atoms. The van der Waals surface area contributed by atoms with E-state index in [-0.39, 0.29) is 23.9 Å². The molecular weight excluding hydrogens is 400 g/mol. The molecule has 0 radical (unpaired) electrons. The van der Waals surface area contributed by atoms with Gasteiger partial charge < -0.3 is 24.7 Å². The van der Waals surface area contributed by atoms with Gasteiger partial charge in [0.15, 0.2) is 11.5 Å². The largest absolute Gasteiger partial charge is 0.486 e. The molecule has 9 heteroatoms. The lowest BCUT2D eigenvalue weighted by molar-refractivity contribution is -0.126. The van der Waals surface area contributed by atoms with E-state index in [2.05, 4.69) is 10.3 Å². The molecule has 31 heavy (non-hydrogen) atoms. The number of hydrogen-bond acceptors (Lipinski definition) is 5. The Morgan fingerprint density at radius 3 is 2.77 bits per heavy atom. The minimum Gasteiger partial charge on any atom is -0.486 e. The summed E-state index contributed by atoms with van der Waals surface area (Å²) in [7, 11) is 0. The molecular formula is C22H22N4O5. The van der Waals surface area contributed by atoms with Crippen molar-refractivity contribution in [2.24, 2.45) is 5.92 Å². The first-order valence-corrected chi connectivity index (χ1v) is 10.3. The molecule has 0 saturated carbocycles. The number of aromatic nitrogens is 2. The van der Waals surface area contributed by atoms with Gasteiger partial charge in [-0.2, -0.15) is 0 Å². The van der Waals surface area contributed by atoms with E-state index >= 15 is 0 Å². The quantitative estimate of drug-likeness (QED) is 0.644. The van der Waals surface area contributed by atoms with Crippen molar-refractivity contribution in [3.63, 3.8) is 0 Å². The lowest BCUT2D eigenvalue weighted by Crippen LogP contribution is -2.35. The fraction of sp³-hybridized carbons (Fsp3) is 0.318. The van der Waals surface area contributed by atoms with E-state index < -0.39 is 5.92 Å². The first-order valence-electron chi connectivity index (χ1n) is 10.3. The van der Waals surface area contributed by atoms with E-state index in [1.807, 2.05) is 24.3 Å². The van der Waals surface area contributed by atoms with E-state index in [0.29, 0.717) is 50.0 Å². The van der Waals surface area contributed by atoms with Crippen LogP contribution in [0.1, 0.15) is 6.42 Å². The second kappa shape index (κ2) is 7.82. The number of carbonyl (C=O) groups excluding carboxylic acids is 2. The lowest BCUT2D eigenvalue weighted by atomic mass is 10.1. The van der Waals surface area contributed by atoms with Gasteiger partial charge in [0.05, 0.1) is 17.0 Å². The summed E-state index contributed by atoms with van der Waals surface area (Å²) in [6.07, 6.45) is 0.146. The number of imidazole rings is 1. The number of fused-ring (bicyclic) bond motifs is 2. The predicted octanol–water partition coefficient (Wildman–Crippen LogP) is 1.27. The number of ether oxygens (including phenoxy) is 2. The van der Waals surface area contributed by atoms with Crippen LogP contribution in [-0.4, -0.2) is 47.7 Å². The third-order valence-corrected chi connectivity index (χ3v) is 5.65. The molecule has 1 aromatic heterocycles. The van der Waals surface area contributed by atoms with Crippen LogP contribution in [0.4, 0.5) is 5.69 Å². The van der Waals surface area contributed by atoms with Crippen molar-refractivity contribution in [1.29, 1.82) is 0 Å². The van der Waals surface area contributed by atoms with E-state index in [1.54, 1.807) is 27.7 Å². The Balaban J connectivity index is 1.21. The van der Waals surface area contributed by atoms with Crippen LogP contribution in [-0.2, 0) is 16.1 Å². The Morgan fingerprint density at radius 1 is 1.10 bits per heavy atom. The van der Waals surface area contributed by atoms with Crippen molar-refractivity contribution in [3.05, 3.63) is 52.9 Å². The normalized spacial score (nSPS) is 17.9. The van der Waals surface area contributed by atoms with Crippen LogP contribution >= 0.6 is 0 Å². The van der Waals surface area contributed by atoms with Crippen molar-refractivity contribution in [3.8, 4) is 11.5 Å². The van der Waals surface area contributed by atoms with Crippen molar-refractivity contribution in [2.45, 2.75) is 13.0 Å². The second-order valence-electron chi connectivity index (χ2n) is 7.62. The number of para-hydroxylation sites is 2. The number of nitrogens with zero attached hydrogens (tertiary/aromatic N) is 2. The molecule has 1 saturated heterocycles. The smallest absolute Gasteiger partial charge is 0.326 e. The molecule has 3 heterocycles. The number of aromatic amines is 1. The zero-order valence-electron chi connectivity index (χ0n) is 16.8. The fourth-order valence-corrected chi connectivity index (χ4v) is 4.10. The highest BCUT2D eigenvalue weighted by Gasteiger charge is 2.35.